The Morgan fingerprint density at radius 1 is 1.20 bits per heavy atom. The molecule has 3 rings (SSSR count). The minimum Gasteiger partial charge on any atom is -0.497 e. The summed E-state index contributed by atoms with van der Waals surface area (Å²) < 4.78 is 5.17. The molecule has 2 aromatic carbocycles. The first kappa shape index (κ1) is 18.2. The molecule has 0 saturated carbocycles. The number of nitrogens with one attached hydrogen (secondary N) is 2. The first-order chi connectivity index (χ1) is 12.2. The predicted molar refractivity (Wildman–Crippen MR) is 106 cm³/mol. The van der Waals surface area contributed by atoms with Gasteiger partial charge < -0.3 is 15.4 Å². The van der Waals surface area contributed by atoms with Crippen LogP contribution < -0.4 is 15.4 Å². The molecule has 6 heteroatoms. The Hall–Kier alpha value is -1.63. The first-order valence-electron chi connectivity index (χ1n) is 8.26. The Kier molecular flexibility index (Phi) is 6.67. The van der Waals surface area contributed by atoms with E-state index >= 15 is 0 Å². The molecule has 1 aliphatic rings. The fourth-order valence-electron chi connectivity index (χ4n) is 2.57. The van der Waals surface area contributed by atoms with Gasteiger partial charge in [0.25, 0.3) is 0 Å². The average molecular weight is 375 g/mol. The molecule has 4 nitrogen and oxygen atoms in total. The molecule has 1 amide bonds. The predicted octanol–water partition coefficient (Wildman–Crippen LogP) is 3.88. The Labute approximate surface area is 157 Å². The highest BCUT2D eigenvalue weighted by Gasteiger charge is 2.16. The summed E-state index contributed by atoms with van der Waals surface area (Å²) in [6, 6.07) is 16.2. The summed E-state index contributed by atoms with van der Waals surface area (Å²) in [6.45, 7) is 0.986. The summed E-state index contributed by atoms with van der Waals surface area (Å²) in [5, 5.41) is 6.37. The van der Waals surface area contributed by atoms with E-state index in [0.717, 1.165) is 39.3 Å². The fraction of sp³-hybridized carbons (Fsp3) is 0.316. The number of carbonyl (C=O) groups is 1. The van der Waals surface area contributed by atoms with Gasteiger partial charge in [-0.1, -0.05) is 11.8 Å². The minimum atomic E-state index is 0.0653. The van der Waals surface area contributed by atoms with E-state index < -0.39 is 0 Å². The molecule has 0 aromatic heterocycles. The zero-order valence-corrected chi connectivity index (χ0v) is 15.8. The van der Waals surface area contributed by atoms with Gasteiger partial charge in [0.1, 0.15) is 5.75 Å². The van der Waals surface area contributed by atoms with Crippen LogP contribution in [0, 0.1) is 0 Å². The maximum atomic E-state index is 12.1. The Balaban J connectivity index is 1.51. The van der Waals surface area contributed by atoms with E-state index in [1.54, 1.807) is 18.9 Å². The number of anilines is 1. The monoisotopic (exact) mass is 374 g/mol. The summed E-state index contributed by atoms with van der Waals surface area (Å²) in [5.41, 5.74) is 0.840. The van der Waals surface area contributed by atoms with Crippen LogP contribution in [0.2, 0.25) is 0 Å². The van der Waals surface area contributed by atoms with Crippen LogP contribution >= 0.6 is 23.5 Å². The molecule has 0 bridgehead atoms. The molecule has 1 fully saturated rings. The zero-order chi connectivity index (χ0) is 17.5. The molecule has 0 aliphatic carbocycles. The molecule has 132 valence electrons. The number of rotatable bonds is 6. The lowest BCUT2D eigenvalue weighted by atomic mass is 10.2. The summed E-state index contributed by atoms with van der Waals surface area (Å²) in [5.74, 6) is 3.06. The average Bonchev–Trinajstić information content (AvgIpc) is 2.65. The number of carbonyl (C=O) groups excluding carboxylic acids is 1. The summed E-state index contributed by atoms with van der Waals surface area (Å²) >= 11 is 3.59. The summed E-state index contributed by atoms with van der Waals surface area (Å²) in [4.78, 5) is 14.4. The molecule has 2 N–H and O–H groups in total. The Morgan fingerprint density at radius 3 is 2.48 bits per heavy atom. The Morgan fingerprint density at radius 2 is 1.88 bits per heavy atom. The third-order valence-corrected chi connectivity index (χ3v) is 6.01. The molecular weight excluding hydrogens is 352 g/mol. The second-order valence-corrected chi connectivity index (χ2v) is 8.08. The maximum Gasteiger partial charge on any atom is 0.225 e. The number of hydrogen-bond acceptors (Lipinski definition) is 5. The molecule has 1 aliphatic heterocycles. The number of hydrogen-bond donors (Lipinski definition) is 2. The van der Waals surface area contributed by atoms with Crippen molar-refractivity contribution in [3.05, 3.63) is 48.5 Å². The van der Waals surface area contributed by atoms with Crippen LogP contribution in [0.3, 0.4) is 0 Å². The fourth-order valence-corrected chi connectivity index (χ4v) is 4.34. The number of amides is 1. The van der Waals surface area contributed by atoms with Gasteiger partial charge in [0.05, 0.1) is 7.11 Å². The van der Waals surface area contributed by atoms with Crippen molar-refractivity contribution in [1.82, 2.24) is 5.32 Å². The SMILES string of the molecule is COc1ccc(Sc2ccc(NC(=O)CC3CSCCN3)cc2)cc1. The van der Waals surface area contributed by atoms with Gasteiger partial charge in [-0.3, -0.25) is 4.79 Å². The minimum absolute atomic E-state index is 0.0653. The standard InChI is InChI=1S/C19H22N2O2S2/c1-23-16-4-8-18(9-5-16)25-17-6-2-14(3-7-17)21-19(22)12-15-13-24-11-10-20-15/h2-9,15,20H,10-13H2,1H3,(H,21,22). The second kappa shape index (κ2) is 9.17. The van der Waals surface area contributed by atoms with Crippen LogP contribution in [-0.4, -0.2) is 37.1 Å². The molecule has 0 radical (unpaired) electrons. The van der Waals surface area contributed by atoms with Crippen molar-refractivity contribution in [3.63, 3.8) is 0 Å². The maximum absolute atomic E-state index is 12.1. The molecule has 25 heavy (non-hydrogen) atoms. The smallest absolute Gasteiger partial charge is 0.225 e. The summed E-state index contributed by atoms with van der Waals surface area (Å²) in [7, 11) is 1.67. The quantitative estimate of drug-likeness (QED) is 0.804. The largest absolute Gasteiger partial charge is 0.497 e. The van der Waals surface area contributed by atoms with Gasteiger partial charge in [0.15, 0.2) is 0 Å². The van der Waals surface area contributed by atoms with Crippen molar-refractivity contribution in [2.45, 2.75) is 22.3 Å². The van der Waals surface area contributed by atoms with Crippen LogP contribution in [0.15, 0.2) is 58.3 Å². The lowest BCUT2D eigenvalue weighted by Gasteiger charge is -2.22. The van der Waals surface area contributed by atoms with E-state index in [4.69, 9.17) is 4.74 Å². The van der Waals surface area contributed by atoms with Gasteiger partial charge in [-0.05, 0) is 48.5 Å². The molecule has 1 heterocycles. The van der Waals surface area contributed by atoms with Crippen LogP contribution in [0.4, 0.5) is 5.69 Å². The normalized spacial score (nSPS) is 17.1. The van der Waals surface area contributed by atoms with Crippen molar-refractivity contribution in [2.24, 2.45) is 0 Å². The van der Waals surface area contributed by atoms with Gasteiger partial charge in [0, 0.05) is 46.0 Å². The number of methoxy groups -OCH3 is 1. The van der Waals surface area contributed by atoms with E-state index in [2.05, 4.69) is 10.6 Å². The van der Waals surface area contributed by atoms with Crippen LogP contribution in [-0.2, 0) is 4.79 Å². The highest BCUT2D eigenvalue weighted by Crippen LogP contribution is 2.29. The van der Waals surface area contributed by atoms with E-state index in [0.29, 0.717) is 6.42 Å². The molecule has 0 spiro atoms. The molecular formula is C19H22N2O2S2. The van der Waals surface area contributed by atoms with E-state index in [-0.39, 0.29) is 11.9 Å². The molecule has 1 atom stereocenters. The van der Waals surface area contributed by atoms with Gasteiger partial charge >= 0.3 is 0 Å². The number of ether oxygens (including phenoxy) is 1. The highest BCUT2D eigenvalue weighted by atomic mass is 32.2. The molecule has 1 saturated heterocycles. The van der Waals surface area contributed by atoms with E-state index in [1.807, 2.05) is 60.3 Å². The van der Waals surface area contributed by atoms with E-state index in [9.17, 15) is 4.79 Å². The third-order valence-electron chi connectivity index (χ3n) is 3.86. The summed E-state index contributed by atoms with van der Waals surface area (Å²) in [6.07, 6.45) is 0.523. The van der Waals surface area contributed by atoms with Crippen molar-refractivity contribution in [3.8, 4) is 5.75 Å². The van der Waals surface area contributed by atoms with Crippen LogP contribution in [0.25, 0.3) is 0 Å². The second-order valence-electron chi connectivity index (χ2n) is 5.78. The zero-order valence-electron chi connectivity index (χ0n) is 14.2. The highest BCUT2D eigenvalue weighted by molar-refractivity contribution is 7.99. The lowest BCUT2D eigenvalue weighted by Crippen LogP contribution is -2.39. The van der Waals surface area contributed by atoms with Crippen LogP contribution in [0.5, 0.6) is 5.75 Å². The van der Waals surface area contributed by atoms with E-state index in [1.165, 1.54) is 0 Å². The number of thioether (sulfide) groups is 1. The van der Waals surface area contributed by atoms with Crippen LogP contribution in [0.1, 0.15) is 6.42 Å². The topological polar surface area (TPSA) is 50.4 Å². The number of benzene rings is 2. The van der Waals surface area contributed by atoms with Gasteiger partial charge in [-0.25, -0.2) is 0 Å². The van der Waals surface area contributed by atoms with Crippen molar-refractivity contribution in [2.75, 3.05) is 30.5 Å². The van der Waals surface area contributed by atoms with Crippen molar-refractivity contribution >= 4 is 35.1 Å². The van der Waals surface area contributed by atoms with Crippen molar-refractivity contribution in [1.29, 1.82) is 0 Å². The lowest BCUT2D eigenvalue weighted by molar-refractivity contribution is -0.116. The Bertz CT molecular complexity index is 684. The third kappa shape index (κ3) is 5.70. The molecule has 1 unspecified atom stereocenters. The van der Waals surface area contributed by atoms with Gasteiger partial charge in [-0.2, -0.15) is 11.8 Å². The van der Waals surface area contributed by atoms with Gasteiger partial charge in [-0.15, -0.1) is 0 Å². The van der Waals surface area contributed by atoms with Gasteiger partial charge in [0.2, 0.25) is 5.91 Å². The van der Waals surface area contributed by atoms with Crippen molar-refractivity contribution < 1.29 is 9.53 Å². The molecule has 2 aromatic rings. The first-order valence-corrected chi connectivity index (χ1v) is 10.2.